The van der Waals surface area contributed by atoms with Crippen molar-refractivity contribution in [2.45, 2.75) is 23.3 Å². The fourth-order valence-electron chi connectivity index (χ4n) is 2.29. The van der Waals surface area contributed by atoms with E-state index in [1.165, 1.54) is 35.6 Å². The van der Waals surface area contributed by atoms with Gasteiger partial charge >= 0.3 is 0 Å². The van der Waals surface area contributed by atoms with Crippen LogP contribution in [0.2, 0.25) is 0 Å². The molecule has 0 atom stereocenters. The SMILES string of the molecule is CCOc1ccccc1CN(C)S(=O)(=O)c1ccc(S(C)(=O)=O)cc1. The molecule has 0 heterocycles. The summed E-state index contributed by atoms with van der Waals surface area (Å²) in [5, 5.41) is 0. The number of benzene rings is 2. The number of hydrogen-bond donors (Lipinski definition) is 0. The minimum atomic E-state index is -3.75. The molecular formula is C17H21NO5S2. The number of sulfonamides is 1. The normalized spacial score (nSPS) is 12.3. The molecule has 0 bridgehead atoms. The predicted octanol–water partition coefficient (Wildman–Crippen LogP) is 2.31. The Labute approximate surface area is 149 Å². The lowest BCUT2D eigenvalue weighted by molar-refractivity contribution is 0.332. The van der Waals surface area contributed by atoms with E-state index in [4.69, 9.17) is 4.74 Å². The van der Waals surface area contributed by atoms with E-state index in [0.29, 0.717) is 12.4 Å². The van der Waals surface area contributed by atoms with Crippen LogP contribution in [0, 0.1) is 0 Å². The van der Waals surface area contributed by atoms with Crippen LogP contribution in [0.3, 0.4) is 0 Å². The second kappa shape index (κ2) is 7.55. The minimum Gasteiger partial charge on any atom is -0.494 e. The second-order valence-electron chi connectivity index (χ2n) is 5.55. The Morgan fingerprint density at radius 2 is 1.48 bits per heavy atom. The van der Waals surface area contributed by atoms with Crippen molar-refractivity contribution < 1.29 is 21.6 Å². The standard InChI is InChI=1S/C17H21NO5S2/c1-4-23-17-8-6-5-7-14(17)13-18(2)25(21,22)16-11-9-15(10-12-16)24(3,19)20/h5-12H,4,13H2,1-3H3. The molecule has 0 aliphatic carbocycles. The van der Waals surface area contributed by atoms with E-state index in [1.807, 2.05) is 25.1 Å². The van der Waals surface area contributed by atoms with Crippen LogP contribution >= 0.6 is 0 Å². The van der Waals surface area contributed by atoms with E-state index in [2.05, 4.69) is 0 Å². The summed E-state index contributed by atoms with van der Waals surface area (Å²) >= 11 is 0. The molecule has 0 aliphatic rings. The maximum Gasteiger partial charge on any atom is 0.243 e. The van der Waals surface area contributed by atoms with Gasteiger partial charge in [0.25, 0.3) is 0 Å². The van der Waals surface area contributed by atoms with Gasteiger partial charge in [0.05, 0.1) is 16.4 Å². The molecule has 6 nitrogen and oxygen atoms in total. The molecule has 0 fully saturated rings. The number of nitrogens with zero attached hydrogens (tertiary/aromatic N) is 1. The first-order valence-electron chi connectivity index (χ1n) is 7.63. The zero-order valence-electron chi connectivity index (χ0n) is 14.3. The lowest BCUT2D eigenvalue weighted by atomic mass is 10.2. The molecule has 0 amide bonds. The first kappa shape index (κ1) is 19.4. The highest BCUT2D eigenvalue weighted by atomic mass is 32.2. The van der Waals surface area contributed by atoms with Crippen LogP contribution in [0.1, 0.15) is 12.5 Å². The lowest BCUT2D eigenvalue weighted by Crippen LogP contribution is -2.26. The Balaban J connectivity index is 2.28. The van der Waals surface area contributed by atoms with E-state index in [1.54, 1.807) is 6.07 Å². The topological polar surface area (TPSA) is 80.8 Å². The largest absolute Gasteiger partial charge is 0.494 e. The Morgan fingerprint density at radius 1 is 0.920 bits per heavy atom. The maximum atomic E-state index is 12.7. The predicted molar refractivity (Wildman–Crippen MR) is 95.8 cm³/mol. The molecule has 136 valence electrons. The number of ether oxygens (including phenoxy) is 1. The third-order valence-corrected chi connectivity index (χ3v) is 6.57. The summed E-state index contributed by atoms with van der Waals surface area (Å²) in [6, 6.07) is 12.4. The van der Waals surface area contributed by atoms with Gasteiger partial charge in [-0.25, -0.2) is 16.8 Å². The highest BCUT2D eigenvalue weighted by Crippen LogP contribution is 2.23. The number of para-hydroxylation sites is 1. The summed E-state index contributed by atoms with van der Waals surface area (Å²) < 4.78 is 55.1. The second-order valence-corrected chi connectivity index (χ2v) is 9.61. The van der Waals surface area contributed by atoms with Gasteiger partial charge in [-0.15, -0.1) is 0 Å². The Morgan fingerprint density at radius 3 is 2.04 bits per heavy atom. The number of sulfone groups is 1. The van der Waals surface area contributed by atoms with Gasteiger partial charge < -0.3 is 4.74 Å². The summed E-state index contributed by atoms with van der Waals surface area (Å²) in [5.74, 6) is 0.638. The molecule has 0 aliphatic heterocycles. The van der Waals surface area contributed by atoms with Gasteiger partial charge in [-0.3, -0.25) is 0 Å². The van der Waals surface area contributed by atoms with Gasteiger partial charge in [0.15, 0.2) is 9.84 Å². The van der Waals surface area contributed by atoms with E-state index >= 15 is 0 Å². The first-order chi connectivity index (χ1) is 11.7. The third kappa shape index (κ3) is 4.59. The monoisotopic (exact) mass is 383 g/mol. The van der Waals surface area contributed by atoms with Gasteiger partial charge in [-0.2, -0.15) is 4.31 Å². The van der Waals surface area contributed by atoms with Crippen molar-refractivity contribution in [2.24, 2.45) is 0 Å². The Kier molecular flexibility index (Phi) is 5.87. The smallest absolute Gasteiger partial charge is 0.243 e. The van der Waals surface area contributed by atoms with Crippen LogP contribution in [0.5, 0.6) is 5.75 Å². The summed E-state index contributed by atoms with van der Waals surface area (Å²) in [4.78, 5) is 0.118. The van der Waals surface area contributed by atoms with Crippen LogP contribution in [0.4, 0.5) is 0 Å². The van der Waals surface area contributed by atoms with Gasteiger partial charge in [-0.05, 0) is 37.3 Å². The molecule has 2 aromatic rings. The summed E-state index contributed by atoms with van der Waals surface area (Å²) in [5.41, 5.74) is 0.753. The average molecular weight is 383 g/mol. The Hall–Kier alpha value is -1.90. The molecule has 2 aromatic carbocycles. The van der Waals surface area contributed by atoms with Crippen molar-refractivity contribution in [3.63, 3.8) is 0 Å². The highest BCUT2D eigenvalue weighted by Gasteiger charge is 2.22. The van der Waals surface area contributed by atoms with Crippen LogP contribution < -0.4 is 4.74 Å². The van der Waals surface area contributed by atoms with Crippen molar-refractivity contribution in [2.75, 3.05) is 19.9 Å². The number of rotatable bonds is 7. The van der Waals surface area contributed by atoms with Crippen LogP contribution in [0.25, 0.3) is 0 Å². The van der Waals surface area contributed by atoms with E-state index < -0.39 is 19.9 Å². The van der Waals surface area contributed by atoms with Gasteiger partial charge in [-0.1, -0.05) is 18.2 Å². The fourth-order valence-corrected chi connectivity index (χ4v) is 4.07. The molecule has 0 aromatic heterocycles. The number of hydrogen-bond acceptors (Lipinski definition) is 5. The molecule has 2 rings (SSSR count). The van der Waals surface area contributed by atoms with Crippen molar-refractivity contribution in [3.05, 3.63) is 54.1 Å². The molecular weight excluding hydrogens is 362 g/mol. The summed E-state index contributed by atoms with van der Waals surface area (Å²) in [7, 11) is -5.64. The third-order valence-electron chi connectivity index (χ3n) is 3.63. The van der Waals surface area contributed by atoms with Crippen molar-refractivity contribution in [1.29, 1.82) is 0 Å². The molecule has 0 N–H and O–H groups in total. The van der Waals surface area contributed by atoms with Crippen molar-refractivity contribution >= 4 is 19.9 Å². The van der Waals surface area contributed by atoms with E-state index in [0.717, 1.165) is 11.8 Å². The lowest BCUT2D eigenvalue weighted by Gasteiger charge is -2.19. The van der Waals surface area contributed by atoms with Gasteiger partial charge in [0.1, 0.15) is 5.75 Å². The van der Waals surface area contributed by atoms with Crippen LogP contribution in [0.15, 0.2) is 58.3 Å². The average Bonchev–Trinajstić information content (AvgIpc) is 2.56. The summed E-state index contributed by atoms with van der Waals surface area (Å²) in [6.45, 7) is 2.49. The van der Waals surface area contributed by atoms with Crippen molar-refractivity contribution in [3.8, 4) is 5.75 Å². The molecule has 0 unspecified atom stereocenters. The molecule has 0 spiro atoms. The molecule has 0 radical (unpaired) electrons. The highest BCUT2D eigenvalue weighted by molar-refractivity contribution is 7.90. The van der Waals surface area contributed by atoms with E-state index in [-0.39, 0.29) is 16.3 Å². The van der Waals surface area contributed by atoms with Crippen LogP contribution in [-0.4, -0.2) is 41.1 Å². The Bertz CT molecular complexity index is 935. The van der Waals surface area contributed by atoms with Crippen molar-refractivity contribution in [1.82, 2.24) is 4.31 Å². The maximum absolute atomic E-state index is 12.7. The first-order valence-corrected chi connectivity index (χ1v) is 11.0. The molecule has 8 heteroatoms. The fraction of sp³-hybridized carbons (Fsp3) is 0.294. The van der Waals surface area contributed by atoms with Crippen LogP contribution in [-0.2, 0) is 26.4 Å². The zero-order valence-corrected chi connectivity index (χ0v) is 16.0. The molecule has 0 saturated heterocycles. The zero-order chi connectivity index (χ0) is 18.7. The summed E-state index contributed by atoms with van der Waals surface area (Å²) in [6.07, 6.45) is 1.08. The van der Waals surface area contributed by atoms with Gasteiger partial charge in [0.2, 0.25) is 10.0 Å². The van der Waals surface area contributed by atoms with E-state index in [9.17, 15) is 16.8 Å². The minimum absolute atomic E-state index is 0.0382. The molecule has 25 heavy (non-hydrogen) atoms. The quantitative estimate of drug-likeness (QED) is 0.733. The van der Waals surface area contributed by atoms with Gasteiger partial charge in [0, 0.05) is 25.4 Å². The molecule has 0 saturated carbocycles.